The zero-order valence-corrected chi connectivity index (χ0v) is 19.8. The third-order valence-electron chi connectivity index (χ3n) is 6.59. The number of anilines is 1. The molecule has 0 bridgehead atoms. The van der Waals surface area contributed by atoms with Crippen molar-refractivity contribution in [1.29, 1.82) is 0 Å². The Balaban J connectivity index is 1.82. The molecule has 0 saturated carbocycles. The molecule has 0 N–H and O–H groups in total. The van der Waals surface area contributed by atoms with Crippen molar-refractivity contribution in [2.24, 2.45) is 4.99 Å². The van der Waals surface area contributed by atoms with Crippen molar-refractivity contribution in [2.45, 2.75) is 52.5 Å². The SMILES string of the molecule is C=Cc1ccc2cc(/C=N/c3cc(C(=C)CC)cc4c3N(C)CCC4)n(CCCC)c2c1. The largest absolute Gasteiger partial charge is 0.373 e. The van der Waals surface area contributed by atoms with Gasteiger partial charge in [-0.2, -0.15) is 0 Å². The molecule has 0 saturated heterocycles. The Hall–Kier alpha value is -3.07. The van der Waals surface area contributed by atoms with Gasteiger partial charge in [-0.25, -0.2) is 0 Å². The van der Waals surface area contributed by atoms with Gasteiger partial charge in [0.15, 0.2) is 0 Å². The standard InChI is InChI=1S/C29H35N3/c1-6-9-15-32-26(18-23-13-12-22(8-3)16-28(23)32)20-30-27-19-25(21(4)7-2)17-24-11-10-14-31(5)29(24)27/h8,12-13,16-20H,3-4,6-7,9-11,14-15H2,1-2,5H3/b30-20+. The Labute approximate surface area is 192 Å². The van der Waals surface area contributed by atoms with Crippen LogP contribution in [0.2, 0.25) is 0 Å². The Bertz CT molecular complexity index is 1180. The van der Waals surface area contributed by atoms with Crippen molar-refractivity contribution in [3.8, 4) is 0 Å². The van der Waals surface area contributed by atoms with E-state index in [4.69, 9.17) is 4.99 Å². The summed E-state index contributed by atoms with van der Waals surface area (Å²) in [5.41, 5.74) is 9.66. The zero-order valence-electron chi connectivity index (χ0n) is 19.8. The lowest BCUT2D eigenvalue weighted by Gasteiger charge is -2.29. The highest BCUT2D eigenvalue weighted by atomic mass is 15.1. The van der Waals surface area contributed by atoms with Gasteiger partial charge in [0.25, 0.3) is 0 Å². The molecular weight excluding hydrogens is 390 g/mol. The van der Waals surface area contributed by atoms with E-state index in [0.29, 0.717) is 0 Å². The molecule has 0 unspecified atom stereocenters. The van der Waals surface area contributed by atoms with Crippen LogP contribution in [0, 0.1) is 0 Å². The first-order chi connectivity index (χ1) is 15.5. The average molecular weight is 426 g/mol. The van der Waals surface area contributed by atoms with Crippen LogP contribution in [-0.2, 0) is 13.0 Å². The highest BCUT2D eigenvalue weighted by Crippen LogP contribution is 2.39. The van der Waals surface area contributed by atoms with Crippen molar-refractivity contribution in [2.75, 3.05) is 18.5 Å². The minimum absolute atomic E-state index is 0.953. The van der Waals surface area contributed by atoms with Crippen molar-refractivity contribution in [3.63, 3.8) is 0 Å². The summed E-state index contributed by atoms with van der Waals surface area (Å²) in [5, 5.41) is 1.25. The van der Waals surface area contributed by atoms with E-state index in [1.165, 1.54) is 39.7 Å². The number of nitrogens with zero attached hydrogens (tertiary/aromatic N) is 3. The molecular formula is C29H35N3. The molecule has 3 heteroatoms. The van der Waals surface area contributed by atoms with Crippen molar-refractivity contribution < 1.29 is 0 Å². The highest BCUT2D eigenvalue weighted by molar-refractivity contribution is 5.93. The molecule has 166 valence electrons. The number of aromatic nitrogens is 1. The van der Waals surface area contributed by atoms with Gasteiger partial charge in [0.1, 0.15) is 0 Å². The van der Waals surface area contributed by atoms with Gasteiger partial charge >= 0.3 is 0 Å². The summed E-state index contributed by atoms with van der Waals surface area (Å²) >= 11 is 0. The summed E-state index contributed by atoms with van der Waals surface area (Å²) in [4.78, 5) is 7.43. The van der Waals surface area contributed by atoms with Gasteiger partial charge in [-0.15, -0.1) is 0 Å². The first-order valence-corrected chi connectivity index (χ1v) is 11.9. The first kappa shape index (κ1) is 22.1. The van der Waals surface area contributed by atoms with E-state index in [-0.39, 0.29) is 0 Å². The Morgan fingerprint density at radius 3 is 2.75 bits per heavy atom. The molecule has 3 aromatic rings. The van der Waals surface area contributed by atoms with Crippen LogP contribution in [0.4, 0.5) is 11.4 Å². The maximum Gasteiger partial charge on any atom is 0.0872 e. The number of hydrogen-bond donors (Lipinski definition) is 0. The number of aliphatic imine (C=N–C) groups is 1. The minimum Gasteiger partial charge on any atom is -0.373 e. The molecule has 1 aromatic heterocycles. The van der Waals surface area contributed by atoms with Crippen LogP contribution in [0.3, 0.4) is 0 Å². The van der Waals surface area contributed by atoms with Crippen LogP contribution in [0.1, 0.15) is 61.9 Å². The lowest BCUT2D eigenvalue weighted by atomic mass is 9.94. The van der Waals surface area contributed by atoms with Gasteiger partial charge < -0.3 is 9.47 Å². The maximum atomic E-state index is 5.08. The summed E-state index contributed by atoms with van der Waals surface area (Å²) in [6.07, 6.45) is 9.52. The zero-order chi connectivity index (χ0) is 22.7. The summed E-state index contributed by atoms with van der Waals surface area (Å²) in [7, 11) is 2.18. The van der Waals surface area contributed by atoms with Gasteiger partial charge in [0.2, 0.25) is 0 Å². The molecule has 32 heavy (non-hydrogen) atoms. The monoisotopic (exact) mass is 425 g/mol. The average Bonchev–Trinajstić information content (AvgIpc) is 3.16. The molecule has 0 amide bonds. The van der Waals surface area contributed by atoms with Crippen LogP contribution in [0.25, 0.3) is 22.6 Å². The summed E-state index contributed by atoms with van der Waals surface area (Å²) < 4.78 is 2.40. The lowest BCUT2D eigenvalue weighted by Crippen LogP contribution is -2.24. The molecule has 3 nitrogen and oxygen atoms in total. The van der Waals surface area contributed by atoms with Crippen LogP contribution in [-0.4, -0.2) is 24.4 Å². The van der Waals surface area contributed by atoms with Crippen LogP contribution in [0.5, 0.6) is 0 Å². The smallest absolute Gasteiger partial charge is 0.0872 e. The van der Waals surface area contributed by atoms with Crippen molar-refractivity contribution in [1.82, 2.24) is 4.57 Å². The topological polar surface area (TPSA) is 20.5 Å². The number of allylic oxidation sites excluding steroid dienone is 1. The third-order valence-corrected chi connectivity index (χ3v) is 6.59. The number of aryl methyl sites for hydroxylation is 2. The van der Waals surface area contributed by atoms with E-state index in [1.807, 2.05) is 6.08 Å². The molecule has 0 fully saturated rings. The van der Waals surface area contributed by atoms with E-state index >= 15 is 0 Å². The van der Waals surface area contributed by atoms with E-state index in [0.717, 1.165) is 55.7 Å². The molecule has 0 atom stereocenters. The van der Waals surface area contributed by atoms with Crippen LogP contribution >= 0.6 is 0 Å². The second-order valence-corrected chi connectivity index (χ2v) is 8.84. The van der Waals surface area contributed by atoms with Gasteiger partial charge in [-0.3, -0.25) is 4.99 Å². The highest BCUT2D eigenvalue weighted by Gasteiger charge is 2.19. The molecule has 4 rings (SSSR count). The lowest BCUT2D eigenvalue weighted by molar-refractivity contribution is 0.647. The Morgan fingerprint density at radius 2 is 2.00 bits per heavy atom. The second kappa shape index (κ2) is 9.60. The Morgan fingerprint density at radius 1 is 1.16 bits per heavy atom. The van der Waals surface area contributed by atoms with Crippen molar-refractivity contribution in [3.05, 3.63) is 71.9 Å². The number of fused-ring (bicyclic) bond motifs is 2. The van der Waals surface area contributed by atoms with E-state index in [1.54, 1.807) is 0 Å². The van der Waals surface area contributed by atoms with Gasteiger partial charge in [-0.1, -0.05) is 51.6 Å². The van der Waals surface area contributed by atoms with Crippen molar-refractivity contribution >= 4 is 40.1 Å². The van der Waals surface area contributed by atoms with E-state index in [2.05, 4.69) is 86.1 Å². The van der Waals surface area contributed by atoms with Crippen LogP contribution < -0.4 is 4.90 Å². The summed E-state index contributed by atoms with van der Waals surface area (Å²) in [5.74, 6) is 0. The van der Waals surface area contributed by atoms with Crippen LogP contribution in [0.15, 0.2) is 54.5 Å². The molecule has 0 spiro atoms. The Kier molecular flexibility index (Phi) is 6.64. The van der Waals surface area contributed by atoms with Gasteiger partial charge in [0, 0.05) is 31.0 Å². The minimum atomic E-state index is 0.953. The third kappa shape index (κ3) is 4.29. The quantitative estimate of drug-likeness (QED) is 0.340. The normalized spacial score (nSPS) is 13.7. The predicted molar refractivity (Wildman–Crippen MR) is 142 cm³/mol. The summed E-state index contributed by atoms with van der Waals surface area (Å²) in [6, 6.07) is 13.4. The molecule has 1 aliphatic heterocycles. The van der Waals surface area contributed by atoms with Gasteiger partial charge in [0.05, 0.1) is 23.3 Å². The second-order valence-electron chi connectivity index (χ2n) is 8.84. The molecule has 0 aliphatic carbocycles. The molecule has 2 aromatic carbocycles. The molecule has 0 radical (unpaired) electrons. The fourth-order valence-corrected chi connectivity index (χ4v) is 4.66. The fourth-order valence-electron chi connectivity index (χ4n) is 4.66. The van der Waals surface area contributed by atoms with E-state index < -0.39 is 0 Å². The maximum absolute atomic E-state index is 5.08. The number of hydrogen-bond acceptors (Lipinski definition) is 2. The van der Waals surface area contributed by atoms with Gasteiger partial charge in [-0.05, 0) is 72.2 Å². The molecule has 1 aliphatic rings. The number of benzene rings is 2. The first-order valence-electron chi connectivity index (χ1n) is 11.9. The predicted octanol–water partition coefficient (Wildman–Crippen LogP) is 7.64. The molecule has 2 heterocycles. The number of rotatable bonds is 8. The summed E-state index contributed by atoms with van der Waals surface area (Å²) in [6.45, 7) is 14.7. The van der Waals surface area contributed by atoms with E-state index in [9.17, 15) is 0 Å². The fraction of sp³-hybridized carbons (Fsp3) is 0.345. The number of unbranched alkanes of at least 4 members (excludes halogenated alkanes) is 1.